The predicted octanol–water partition coefficient (Wildman–Crippen LogP) is 4.55. The van der Waals surface area contributed by atoms with Crippen LogP contribution in [0.3, 0.4) is 0 Å². The van der Waals surface area contributed by atoms with E-state index in [0.29, 0.717) is 30.1 Å². The molecule has 0 bridgehead atoms. The summed E-state index contributed by atoms with van der Waals surface area (Å²) in [5.74, 6) is -0.476. The summed E-state index contributed by atoms with van der Waals surface area (Å²) in [6.07, 6.45) is 3.62. The van der Waals surface area contributed by atoms with Gasteiger partial charge < -0.3 is 9.88 Å². The molecule has 1 atom stereocenters. The highest BCUT2D eigenvalue weighted by atomic mass is 35.5. The predicted molar refractivity (Wildman–Crippen MR) is 126 cm³/mol. The molecule has 0 radical (unpaired) electrons. The van der Waals surface area contributed by atoms with Crippen molar-refractivity contribution in [2.24, 2.45) is 0 Å². The minimum Gasteiger partial charge on any atom is -0.347 e. The maximum atomic E-state index is 14.5. The Kier molecular flexibility index (Phi) is 9.05. The molecule has 1 fully saturated rings. The summed E-state index contributed by atoms with van der Waals surface area (Å²) < 4.78 is 14.5. The summed E-state index contributed by atoms with van der Waals surface area (Å²) in [4.78, 5) is 23.8. The molecular formula is C22H21Cl3FN5O. The fourth-order valence-corrected chi connectivity index (χ4v) is 3.93. The number of aromatic amines is 1. The maximum Gasteiger partial charge on any atom is 0.241 e. The van der Waals surface area contributed by atoms with Crippen molar-refractivity contribution in [2.75, 3.05) is 24.5 Å². The van der Waals surface area contributed by atoms with Crippen LogP contribution in [0.5, 0.6) is 0 Å². The van der Waals surface area contributed by atoms with Gasteiger partial charge in [-0.1, -0.05) is 23.7 Å². The number of anilines is 1. The lowest BCUT2D eigenvalue weighted by Crippen LogP contribution is -2.51. The van der Waals surface area contributed by atoms with E-state index in [4.69, 9.17) is 16.9 Å². The molecule has 3 aromatic rings. The van der Waals surface area contributed by atoms with Gasteiger partial charge in [-0.3, -0.25) is 9.69 Å². The smallest absolute Gasteiger partial charge is 0.241 e. The van der Waals surface area contributed by atoms with Gasteiger partial charge in [0.25, 0.3) is 0 Å². The van der Waals surface area contributed by atoms with E-state index in [1.165, 1.54) is 6.07 Å². The van der Waals surface area contributed by atoms with Gasteiger partial charge in [-0.15, -0.1) is 24.8 Å². The van der Waals surface area contributed by atoms with Crippen molar-refractivity contribution in [2.45, 2.75) is 12.5 Å². The van der Waals surface area contributed by atoms with Crippen molar-refractivity contribution in [3.8, 4) is 6.07 Å². The molecular weight excluding hydrogens is 476 g/mol. The highest BCUT2D eigenvalue weighted by Gasteiger charge is 2.31. The second-order valence-electron chi connectivity index (χ2n) is 7.14. The van der Waals surface area contributed by atoms with E-state index >= 15 is 0 Å². The van der Waals surface area contributed by atoms with E-state index in [-0.39, 0.29) is 48.9 Å². The minimum absolute atomic E-state index is 0. The van der Waals surface area contributed by atoms with Crippen LogP contribution in [0.4, 0.5) is 10.1 Å². The Morgan fingerprint density at radius 1 is 1.22 bits per heavy atom. The number of H-pyrrole nitrogens is 1. The van der Waals surface area contributed by atoms with Crippen LogP contribution in [0.1, 0.15) is 22.9 Å². The van der Waals surface area contributed by atoms with E-state index in [0.717, 1.165) is 11.4 Å². The highest BCUT2D eigenvalue weighted by Crippen LogP contribution is 2.28. The van der Waals surface area contributed by atoms with Gasteiger partial charge in [0.15, 0.2) is 0 Å². The normalized spacial score (nSPS) is 14.8. The zero-order valence-corrected chi connectivity index (χ0v) is 19.3. The molecule has 10 heteroatoms. The number of carbonyl (C=O) groups is 1. The molecule has 1 saturated heterocycles. The van der Waals surface area contributed by atoms with Crippen LogP contribution in [0.2, 0.25) is 5.02 Å². The Bertz CT molecular complexity index is 1100. The number of piperazine rings is 1. The molecule has 1 amide bonds. The topological polar surface area (TPSA) is 76.0 Å². The molecule has 1 aromatic heterocycles. The number of carbonyl (C=O) groups excluding carboxylic acids is 1. The summed E-state index contributed by atoms with van der Waals surface area (Å²) >= 11 is 6.07. The molecule has 1 aliphatic heterocycles. The number of hydrogen-bond acceptors (Lipinski definition) is 4. The maximum absolute atomic E-state index is 14.5. The summed E-state index contributed by atoms with van der Waals surface area (Å²) in [5, 5.41) is 9.54. The Hall–Kier alpha value is -2.63. The first-order valence-electron chi connectivity index (χ1n) is 9.52. The van der Waals surface area contributed by atoms with Gasteiger partial charge in [0.2, 0.25) is 5.91 Å². The Morgan fingerprint density at radius 3 is 2.66 bits per heavy atom. The van der Waals surface area contributed by atoms with Gasteiger partial charge >= 0.3 is 0 Å². The fraction of sp³-hybridized carbons (Fsp3) is 0.227. The standard InChI is InChI=1S/C22H19ClFN5O.2ClH/c23-17-2-1-3-18(10-17)29-7-6-28(13-22(29)30)21(20-12-26-14-27-20)9-16-5-4-15(11-25)8-19(16)24;;/h1-5,8,10,12,14,21H,6-7,9,13H2,(H,26,27);2*1H. The Morgan fingerprint density at radius 2 is 2.03 bits per heavy atom. The van der Waals surface area contributed by atoms with Crippen LogP contribution in [0.15, 0.2) is 55.0 Å². The summed E-state index contributed by atoms with van der Waals surface area (Å²) in [5.41, 5.74) is 2.34. The molecule has 2 heterocycles. The summed E-state index contributed by atoms with van der Waals surface area (Å²) in [6, 6.07) is 13.4. The third kappa shape index (κ3) is 5.59. The van der Waals surface area contributed by atoms with Crippen molar-refractivity contribution in [1.82, 2.24) is 14.9 Å². The molecule has 2 aromatic carbocycles. The van der Waals surface area contributed by atoms with E-state index in [9.17, 15) is 9.18 Å². The van der Waals surface area contributed by atoms with Crippen molar-refractivity contribution in [1.29, 1.82) is 5.26 Å². The molecule has 0 saturated carbocycles. The minimum atomic E-state index is -0.428. The van der Waals surface area contributed by atoms with Gasteiger partial charge in [0.1, 0.15) is 5.82 Å². The number of nitrogens with one attached hydrogen (secondary N) is 1. The first-order chi connectivity index (χ1) is 14.5. The second kappa shape index (κ2) is 11.3. The van der Waals surface area contributed by atoms with Crippen molar-refractivity contribution >= 4 is 48.0 Å². The van der Waals surface area contributed by atoms with Crippen LogP contribution in [-0.4, -0.2) is 40.4 Å². The van der Waals surface area contributed by atoms with Crippen LogP contribution >= 0.6 is 36.4 Å². The average molecular weight is 497 g/mol. The van der Waals surface area contributed by atoms with Crippen molar-refractivity contribution < 1.29 is 9.18 Å². The third-order valence-corrected chi connectivity index (χ3v) is 5.52. The average Bonchev–Trinajstić information content (AvgIpc) is 3.27. The SMILES string of the molecule is Cl.Cl.N#Cc1ccc(CC(c2cnc[nH]2)N2CCN(c3cccc(Cl)c3)C(=O)C2)c(F)c1. The molecule has 32 heavy (non-hydrogen) atoms. The summed E-state index contributed by atoms with van der Waals surface area (Å²) in [7, 11) is 0. The Balaban J connectivity index is 0.00000181. The molecule has 6 nitrogen and oxygen atoms in total. The van der Waals surface area contributed by atoms with E-state index in [1.807, 2.05) is 23.1 Å². The van der Waals surface area contributed by atoms with E-state index in [2.05, 4.69) is 9.97 Å². The van der Waals surface area contributed by atoms with E-state index < -0.39 is 5.82 Å². The van der Waals surface area contributed by atoms with E-state index in [1.54, 1.807) is 41.7 Å². The number of halogens is 4. The van der Waals surface area contributed by atoms with Crippen molar-refractivity contribution in [3.63, 3.8) is 0 Å². The van der Waals surface area contributed by atoms with Gasteiger partial charge in [-0.05, 0) is 42.3 Å². The first-order valence-corrected chi connectivity index (χ1v) is 9.89. The number of hydrogen-bond donors (Lipinski definition) is 1. The molecule has 0 spiro atoms. The van der Waals surface area contributed by atoms with Gasteiger partial charge in [0.05, 0.1) is 36.2 Å². The molecule has 1 aliphatic rings. The van der Waals surface area contributed by atoms with Gasteiger partial charge in [-0.25, -0.2) is 9.37 Å². The lowest BCUT2D eigenvalue weighted by Gasteiger charge is -2.38. The van der Waals surface area contributed by atoms with Crippen LogP contribution in [0, 0.1) is 17.1 Å². The lowest BCUT2D eigenvalue weighted by molar-refractivity contribution is -0.122. The molecule has 168 valence electrons. The molecule has 1 unspecified atom stereocenters. The first kappa shape index (κ1) is 25.6. The van der Waals surface area contributed by atoms with Crippen LogP contribution < -0.4 is 4.90 Å². The largest absolute Gasteiger partial charge is 0.347 e. The molecule has 4 rings (SSSR count). The van der Waals surface area contributed by atoms with Gasteiger partial charge in [0, 0.05) is 30.0 Å². The number of nitriles is 1. The second-order valence-corrected chi connectivity index (χ2v) is 7.58. The number of nitrogens with zero attached hydrogens (tertiary/aromatic N) is 4. The molecule has 1 N–H and O–H groups in total. The summed E-state index contributed by atoms with van der Waals surface area (Å²) in [6.45, 7) is 1.30. The van der Waals surface area contributed by atoms with Crippen LogP contribution in [-0.2, 0) is 11.2 Å². The monoisotopic (exact) mass is 495 g/mol. The quantitative estimate of drug-likeness (QED) is 0.562. The lowest BCUT2D eigenvalue weighted by atomic mass is 9.99. The number of aromatic nitrogens is 2. The van der Waals surface area contributed by atoms with Crippen LogP contribution in [0.25, 0.3) is 0 Å². The van der Waals surface area contributed by atoms with Gasteiger partial charge in [-0.2, -0.15) is 5.26 Å². The molecule has 0 aliphatic carbocycles. The third-order valence-electron chi connectivity index (χ3n) is 5.28. The number of imidazole rings is 1. The van der Waals surface area contributed by atoms with Crippen molar-refractivity contribution in [3.05, 3.63) is 82.6 Å². The fourth-order valence-electron chi connectivity index (χ4n) is 3.75. The number of rotatable bonds is 5. The highest BCUT2D eigenvalue weighted by molar-refractivity contribution is 6.30. The zero-order valence-electron chi connectivity index (χ0n) is 16.9. The number of benzene rings is 2. The zero-order chi connectivity index (χ0) is 21.1. The number of amides is 1. The Labute approximate surface area is 202 Å².